The topological polar surface area (TPSA) is 61.0 Å². The van der Waals surface area contributed by atoms with Crippen LogP contribution in [0.25, 0.3) is 0 Å². The molecule has 0 spiro atoms. The van der Waals surface area contributed by atoms with Gasteiger partial charge in [-0.25, -0.2) is 0 Å². The van der Waals surface area contributed by atoms with Gasteiger partial charge in [-0.1, -0.05) is 0 Å². The highest BCUT2D eigenvalue weighted by atomic mass is 16.5. The first-order valence-corrected chi connectivity index (χ1v) is 6.09. The summed E-state index contributed by atoms with van der Waals surface area (Å²) in [6.07, 6.45) is 5.87. The molecule has 2 aliphatic carbocycles. The van der Waals surface area contributed by atoms with Gasteiger partial charge < -0.3 is 10.5 Å². The van der Waals surface area contributed by atoms with E-state index in [1.54, 1.807) is 0 Å². The molecule has 0 radical (unpaired) electrons. The molecule has 0 saturated heterocycles. The lowest BCUT2D eigenvalue weighted by Crippen LogP contribution is -2.33. The summed E-state index contributed by atoms with van der Waals surface area (Å²) in [5.74, 6) is 1.27. The fourth-order valence-electron chi connectivity index (χ4n) is 2.25. The number of hydrogen-bond donors (Lipinski definition) is 1. The third-order valence-electron chi connectivity index (χ3n) is 3.43. The van der Waals surface area contributed by atoms with Crippen LogP contribution in [0, 0.1) is 0 Å². The normalized spacial score (nSPS) is 29.3. The Labute approximate surface area is 95.2 Å². The second kappa shape index (κ2) is 4.01. The molecule has 3 rings (SSSR count). The number of nitrogens with two attached hydrogens (primary N) is 1. The van der Waals surface area contributed by atoms with Crippen LogP contribution in [0.4, 0.5) is 0 Å². The van der Waals surface area contributed by atoms with E-state index in [1.807, 2.05) is 12.1 Å². The van der Waals surface area contributed by atoms with Gasteiger partial charge >= 0.3 is 0 Å². The Bertz CT molecular complexity index is 361. The van der Waals surface area contributed by atoms with Crippen LogP contribution in [0.2, 0.25) is 0 Å². The van der Waals surface area contributed by atoms with Crippen molar-refractivity contribution in [3.05, 3.63) is 17.8 Å². The number of nitrogens with zero attached hydrogens (tertiary/aromatic N) is 2. The first-order valence-electron chi connectivity index (χ1n) is 6.09. The molecule has 2 fully saturated rings. The third kappa shape index (κ3) is 2.02. The van der Waals surface area contributed by atoms with E-state index in [0.29, 0.717) is 11.8 Å². The van der Waals surface area contributed by atoms with Gasteiger partial charge in [-0.2, -0.15) is 5.10 Å². The fraction of sp³-hybridized carbons (Fsp3) is 0.667. The van der Waals surface area contributed by atoms with Gasteiger partial charge in [-0.05, 0) is 38.2 Å². The number of aromatic nitrogens is 2. The molecule has 4 nitrogen and oxygen atoms in total. The second-order valence-corrected chi connectivity index (χ2v) is 4.82. The Morgan fingerprint density at radius 1 is 1.12 bits per heavy atom. The zero-order valence-corrected chi connectivity index (χ0v) is 9.30. The van der Waals surface area contributed by atoms with Gasteiger partial charge in [0.05, 0.1) is 5.69 Å². The molecule has 0 aliphatic heterocycles. The lowest BCUT2D eigenvalue weighted by Gasteiger charge is -2.16. The van der Waals surface area contributed by atoms with E-state index in [0.717, 1.165) is 25.0 Å². The maximum Gasteiger partial charge on any atom is 0.233 e. The van der Waals surface area contributed by atoms with Crippen LogP contribution in [0.5, 0.6) is 5.88 Å². The SMILES string of the molecule is N[C@@H]1CCC[C@H]1Oc1ccc(C2CC2)nn1. The maximum absolute atomic E-state index is 5.94. The molecular formula is C12H17N3O. The molecule has 0 unspecified atom stereocenters. The van der Waals surface area contributed by atoms with Crippen LogP contribution < -0.4 is 10.5 Å². The minimum Gasteiger partial charge on any atom is -0.472 e. The summed E-state index contributed by atoms with van der Waals surface area (Å²) >= 11 is 0. The number of ether oxygens (including phenoxy) is 1. The predicted octanol–water partition coefficient (Wildman–Crippen LogP) is 1.61. The van der Waals surface area contributed by atoms with Crippen molar-refractivity contribution in [2.45, 2.75) is 50.2 Å². The van der Waals surface area contributed by atoms with Crippen LogP contribution >= 0.6 is 0 Å². The van der Waals surface area contributed by atoms with Crippen LogP contribution in [-0.4, -0.2) is 22.3 Å². The monoisotopic (exact) mass is 219 g/mol. The molecule has 4 heteroatoms. The molecule has 2 atom stereocenters. The van der Waals surface area contributed by atoms with Gasteiger partial charge in [0, 0.05) is 18.0 Å². The summed E-state index contributed by atoms with van der Waals surface area (Å²) in [5, 5.41) is 8.30. The Morgan fingerprint density at radius 3 is 2.56 bits per heavy atom. The van der Waals surface area contributed by atoms with Crippen LogP contribution in [0.3, 0.4) is 0 Å². The van der Waals surface area contributed by atoms with Gasteiger partial charge in [0.1, 0.15) is 6.10 Å². The van der Waals surface area contributed by atoms with Gasteiger partial charge in [-0.3, -0.25) is 0 Å². The molecule has 16 heavy (non-hydrogen) atoms. The molecule has 0 bridgehead atoms. The Hall–Kier alpha value is -1.16. The van der Waals surface area contributed by atoms with Crippen LogP contribution in [0.15, 0.2) is 12.1 Å². The number of rotatable bonds is 3. The number of hydrogen-bond acceptors (Lipinski definition) is 4. The lowest BCUT2D eigenvalue weighted by molar-refractivity contribution is 0.181. The molecule has 1 heterocycles. The Balaban J connectivity index is 1.65. The van der Waals surface area contributed by atoms with E-state index in [1.165, 1.54) is 12.8 Å². The van der Waals surface area contributed by atoms with Crippen molar-refractivity contribution in [1.29, 1.82) is 0 Å². The standard InChI is InChI=1S/C12H17N3O/c13-9-2-1-3-11(9)16-12-7-6-10(14-15-12)8-4-5-8/h6-9,11H,1-5,13H2/t9-,11-/m1/s1. The first-order chi connectivity index (χ1) is 7.83. The quantitative estimate of drug-likeness (QED) is 0.839. The summed E-state index contributed by atoms with van der Waals surface area (Å²) in [6, 6.07) is 4.11. The highest BCUT2D eigenvalue weighted by Gasteiger charge is 2.27. The van der Waals surface area contributed by atoms with Gasteiger partial charge in [0.2, 0.25) is 5.88 Å². The molecule has 86 valence electrons. The highest BCUT2D eigenvalue weighted by Crippen LogP contribution is 2.38. The largest absolute Gasteiger partial charge is 0.472 e. The van der Waals surface area contributed by atoms with Crippen molar-refractivity contribution in [3.63, 3.8) is 0 Å². The van der Waals surface area contributed by atoms with Crippen molar-refractivity contribution in [2.75, 3.05) is 0 Å². The average molecular weight is 219 g/mol. The highest BCUT2D eigenvalue weighted by molar-refractivity contribution is 5.18. The summed E-state index contributed by atoms with van der Waals surface area (Å²) in [7, 11) is 0. The fourth-order valence-corrected chi connectivity index (χ4v) is 2.25. The molecule has 2 N–H and O–H groups in total. The van der Waals surface area contributed by atoms with Crippen molar-refractivity contribution < 1.29 is 4.74 Å². The van der Waals surface area contributed by atoms with Gasteiger partial charge in [0.25, 0.3) is 0 Å². The summed E-state index contributed by atoms with van der Waals surface area (Å²) in [5.41, 5.74) is 7.04. The van der Waals surface area contributed by atoms with Gasteiger partial charge in [-0.15, -0.1) is 5.10 Å². The van der Waals surface area contributed by atoms with E-state index in [4.69, 9.17) is 10.5 Å². The molecular weight excluding hydrogens is 202 g/mol. The zero-order chi connectivity index (χ0) is 11.0. The molecule has 2 saturated carbocycles. The van der Waals surface area contributed by atoms with Crippen molar-refractivity contribution in [3.8, 4) is 5.88 Å². The maximum atomic E-state index is 5.94. The van der Waals surface area contributed by atoms with E-state index in [9.17, 15) is 0 Å². The van der Waals surface area contributed by atoms with Crippen molar-refractivity contribution >= 4 is 0 Å². The predicted molar refractivity (Wildman–Crippen MR) is 60.2 cm³/mol. The van der Waals surface area contributed by atoms with E-state index < -0.39 is 0 Å². The third-order valence-corrected chi connectivity index (χ3v) is 3.43. The van der Waals surface area contributed by atoms with Gasteiger partial charge in [0.15, 0.2) is 0 Å². The van der Waals surface area contributed by atoms with Crippen molar-refractivity contribution in [1.82, 2.24) is 10.2 Å². The molecule has 0 aromatic carbocycles. The average Bonchev–Trinajstić information content (AvgIpc) is 3.07. The van der Waals surface area contributed by atoms with E-state index in [2.05, 4.69) is 10.2 Å². The second-order valence-electron chi connectivity index (χ2n) is 4.82. The Kier molecular flexibility index (Phi) is 2.52. The summed E-state index contributed by atoms with van der Waals surface area (Å²) in [6.45, 7) is 0. The summed E-state index contributed by atoms with van der Waals surface area (Å²) < 4.78 is 5.74. The van der Waals surface area contributed by atoms with Crippen molar-refractivity contribution in [2.24, 2.45) is 5.73 Å². The summed E-state index contributed by atoms with van der Waals surface area (Å²) in [4.78, 5) is 0. The smallest absolute Gasteiger partial charge is 0.233 e. The van der Waals surface area contributed by atoms with Crippen LogP contribution in [-0.2, 0) is 0 Å². The first kappa shape index (κ1) is 10.0. The minimum atomic E-state index is 0.126. The molecule has 1 aromatic heterocycles. The minimum absolute atomic E-state index is 0.126. The molecule has 1 aromatic rings. The van der Waals surface area contributed by atoms with E-state index in [-0.39, 0.29) is 12.1 Å². The zero-order valence-electron chi connectivity index (χ0n) is 9.30. The molecule has 2 aliphatic rings. The van der Waals surface area contributed by atoms with Crippen LogP contribution in [0.1, 0.15) is 43.7 Å². The van der Waals surface area contributed by atoms with E-state index >= 15 is 0 Å². The molecule has 0 amide bonds. The lowest BCUT2D eigenvalue weighted by atomic mass is 10.2. The Morgan fingerprint density at radius 2 is 2.00 bits per heavy atom.